The first kappa shape index (κ1) is 16.5. The van der Waals surface area contributed by atoms with Crippen molar-refractivity contribution in [1.29, 1.82) is 0 Å². The highest BCUT2D eigenvalue weighted by molar-refractivity contribution is 5.90. The lowest BCUT2D eigenvalue weighted by molar-refractivity contribution is -0.128. The molecule has 1 N–H and O–H groups in total. The Hall–Kier alpha value is -2.89. The van der Waals surface area contributed by atoms with Crippen LogP contribution in [-0.4, -0.2) is 24.5 Å². The Labute approximate surface area is 132 Å². The molecule has 1 amide bonds. The van der Waals surface area contributed by atoms with Gasteiger partial charge in [-0.3, -0.25) is 4.79 Å². The lowest BCUT2D eigenvalue weighted by atomic mass is 10.1. The van der Waals surface area contributed by atoms with Gasteiger partial charge in [0.2, 0.25) is 5.76 Å². The van der Waals surface area contributed by atoms with E-state index in [2.05, 4.69) is 11.9 Å². The van der Waals surface area contributed by atoms with E-state index in [9.17, 15) is 14.0 Å². The molecule has 0 radical (unpaired) electrons. The first-order valence-electron chi connectivity index (χ1n) is 6.97. The van der Waals surface area contributed by atoms with Gasteiger partial charge in [0.15, 0.2) is 6.10 Å². The Morgan fingerprint density at radius 1 is 1.35 bits per heavy atom. The van der Waals surface area contributed by atoms with Crippen LogP contribution in [0.3, 0.4) is 0 Å². The monoisotopic (exact) mass is 317 g/mol. The molecule has 23 heavy (non-hydrogen) atoms. The first-order chi connectivity index (χ1) is 11.0. The molecular formula is C17H16FNO4. The predicted octanol–water partition coefficient (Wildman–Crippen LogP) is 2.93. The Kier molecular flexibility index (Phi) is 5.30. The summed E-state index contributed by atoms with van der Waals surface area (Å²) in [4.78, 5) is 23.6. The fourth-order valence-corrected chi connectivity index (χ4v) is 1.84. The summed E-state index contributed by atoms with van der Waals surface area (Å²) < 4.78 is 24.0. The highest BCUT2D eigenvalue weighted by Gasteiger charge is 2.21. The molecule has 120 valence electrons. The van der Waals surface area contributed by atoms with Gasteiger partial charge in [0.25, 0.3) is 5.91 Å². The van der Waals surface area contributed by atoms with Crippen LogP contribution in [0.15, 0.2) is 53.5 Å². The molecule has 2 rings (SSSR count). The second-order valence-electron chi connectivity index (χ2n) is 4.73. The average molecular weight is 317 g/mol. The molecule has 0 aliphatic carbocycles. The number of halogens is 1. The Bertz CT molecular complexity index is 723. The number of hydrogen-bond acceptors (Lipinski definition) is 4. The van der Waals surface area contributed by atoms with Crippen molar-refractivity contribution in [3.8, 4) is 11.3 Å². The minimum atomic E-state index is -0.982. The lowest BCUT2D eigenvalue weighted by Gasteiger charge is -2.11. The van der Waals surface area contributed by atoms with Gasteiger partial charge in [-0.2, -0.15) is 0 Å². The lowest BCUT2D eigenvalue weighted by Crippen LogP contribution is -2.35. The minimum absolute atomic E-state index is 0.105. The molecular weight excluding hydrogens is 301 g/mol. The summed E-state index contributed by atoms with van der Waals surface area (Å²) in [6.45, 7) is 5.19. The quantitative estimate of drug-likeness (QED) is 0.657. The van der Waals surface area contributed by atoms with Crippen LogP contribution in [-0.2, 0) is 9.53 Å². The SMILES string of the molecule is C=CCNC(=O)[C@@H](C)OC(=O)c1ccc(-c2ccccc2F)o1. The molecule has 5 nitrogen and oxygen atoms in total. The molecule has 0 unspecified atom stereocenters. The summed E-state index contributed by atoms with van der Waals surface area (Å²) in [5, 5.41) is 2.51. The zero-order chi connectivity index (χ0) is 16.8. The number of carbonyl (C=O) groups excluding carboxylic acids is 2. The van der Waals surface area contributed by atoms with Crippen molar-refractivity contribution in [3.05, 3.63) is 60.6 Å². The summed E-state index contributed by atoms with van der Waals surface area (Å²) in [5.41, 5.74) is 0.239. The molecule has 0 saturated heterocycles. The van der Waals surface area contributed by atoms with Crippen LogP contribution >= 0.6 is 0 Å². The number of ether oxygens (including phenoxy) is 1. The van der Waals surface area contributed by atoms with E-state index >= 15 is 0 Å². The third-order valence-corrected chi connectivity index (χ3v) is 3.02. The summed E-state index contributed by atoms with van der Waals surface area (Å²) in [6.07, 6.45) is 0.532. The van der Waals surface area contributed by atoms with E-state index in [1.54, 1.807) is 12.1 Å². The van der Waals surface area contributed by atoms with Crippen molar-refractivity contribution in [2.45, 2.75) is 13.0 Å². The Morgan fingerprint density at radius 2 is 2.09 bits per heavy atom. The van der Waals surface area contributed by atoms with Gasteiger partial charge in [0.1, 0.15) is 11.6 Å². The van der Waals surface area contributed by atoms with Gasteiger partial charge < -0.3 is 14.5 Å². The molecule has 2 aromatic rings. The van der Waals surface area contributed by atoms with Crippen molar-refractivity contribution in [3.63, 3.8) is 0 Å². The first-order valence-corrected chi connectivity index (χ1v) is 6.97. The zero-order valence-corrected chi connectivity index (χ0v) is 12.5. The molecule has 0 bridgehead atoms. The van der Waals surface area contributed by atoms with Crippen LogP contribution in [0.2, 0.25) is 0 Å². The largest absolute Gasteiger partial charge is 0.449 e. The molecule has 1 heterocycles. The normalized spacial score (nSPS) is 11.6. The number of hydrogen-bond donors (Lipinski definition) is 1. The van der Waals surface area contributed by atoms with Crippen molar-refractivity contribution in [2.24, 2.45) is 0 Å². The van der Waals surface area contributed by atoms with E-state index in [-0.39, 0.29) is 23.6 Å². The van der Waals surface area contributed by atoms with E-state index in [1.165, 1.54) is 37.3 Å². The molecule has 1 aromatic heterocycles. The summed E-state index contributed by atoms with van der Waals surface area (Å²) in [5.74, 6) is -1.60. The number of nitrogens with one attached hydrogen (secondary N) is 1. The molecule has 1 atom stereocenters. The molecule has 0 spiro atoms. The van der Waals surface area contributed by atoms with Gasteiger partial charge in [0, 0.05) is 6.54 Å². The third-order valence-electron chi connectivity index (χ3n) is 3.02. The van der Waals surface area contributed by atoms with Crippen LogP contribution in [0.4, 0.5) is 4.39 Å². The van der Waals surface area contributed by atoms with Gasteiger partial charge in [-0.05, 0) is 31.2 Å². The standard InChI is InChI=1S/C17H16FNO4/c1-3-10-19-16(20)11(2)22-17(21)15-9-8-14(23-15)12-6-4-5-7-13(12)18/h3-9,11H,1,10H2,2H3,(H,19,20)/t11-/m1/s1. The number of amides is 1. The van der Waals surface area contributed by atoms with Gasteiger partial charge in [-0.25, -0.2) is 9.18 Å². The number of benzene rings is 1. The van der Waals surface area contributed by atoms with Crippen LogP contribution in [0.1, 0.15) is 17.5 Å². The predicted molar refractivity (Wildman–Crippen MR) is 82.2 cm³/mol. The van der Waals surface area contributed by atoms with E-state index in [4.69, 9.17) is 9.15 Å². The molecule has 0 aliphatic rings. The summed E-state index contributed by atoms with van der Waals surface area (Å²) >= 11 is 0. The highest BCUT2D eigenvalue weighted by Crippen LogP contribution is 2.25. The van der Waals surface area contributed by atoms with E-state index in [0.717, 1.165) is 0 Å². The molecule has 0 fully saturated rings. The van der Waals surface area contributed by atoms with Crippen LogP contribution in [0, 0.1) is 5.82 Å². The molecule has 0 aliphatic heterocycles. The maximum absolute atomic E-state index is 13.7. The van der Waals surface area contributed by atoms with E-state index in [1.807, 2.05) is 0 Å². The third kappa shape index (κ3) is 4.06. The fourth-order valence-electron chi connectivity index (χ4n) is 1.84. The number of rotatable bonds is 6. The van der Waals surface area contributed by atoms with Crippen LogP contribution < -0.4 is 5.32 Å². The van der Waals surface area contributed by atoms with Gasteiger partial charge >= 0.3 is 5.97 Å². The van der Waals surface area contributed by atoms with Crippen molar-refractivity contribution in [2.75, 3.05) is 6.54 Å². The molecule has 1 aromatic carbocycles. The zero-order valence-electron chi connectivity index (χ0n) is 12.5. The van der Waals surface area contributed by atoms with E-state index < -0.39 is 23.8 Å². The van der Waals surface area contributed by atoms with Gasteiger partial charge in [-0.15, -0.1) is 6.58 Å². The smallest absolute Gasteiger partial charge is 0.375 e. The molecule has 0 saturated carbocycles. The van der Waals surface area contributed by atoms with Crippen molar-refractivity contribution in [1.82, 2.24) is 5.32 Å². The van der Waals surface area contributed by atoms with E-state index in [0.29, 0.717) is 0 Å². The number of carbonyl (C=O) groups is 2. The van der Waals surface area contributed by atoms with Crippen LogP contribution in [0.25, 0.3) is 11.3 Å². The number of furan rings is 1. The molecule has 6 heteroatoms. The Balaban J connectivity index is 2.05. The number of esters is 1. The Morgan fingerprint density at radius 3 is 2.78 bits per heavy atom. The maximum Gasteiger partial charge on any atom is 0.375 e. The van der Waals surface area contributed by atoms with Gasteiger partial charge in [-0.1, -0.05) is 18.2 Å². The van der Waals surface area contributed by atoms with Crippen LogP contribution in [0.5, 0.6) is 0 Å². The topological polar surface area (TPSA) is 68.5 Å². The fraction of sp³-hybridized carbons (Fsp3) is 0.176. The summed E-state index contributed by atoms with van der Waals surface area (Å²) in [7, 11) is 0. The maximum atomic E-state index is 13.7. The summed E-state index contributed by atoms with van der Waals surface area (Å²) in [6, 6.07) is 8.89. The highest BCUT2D eigenvalue weighted by atomic mass is 19.1. The minimum Gasteiger partial charge on any atom is -0.449 e. The average Bonchev–Trinajstić information content (AvgIpc) is 3.02. The van der Waals surface area contributed by atoms with Gasteiger partial charge in [0.05, 0.1) is 5.56 Å². The second kappa shape index (κ2) is 7.40. The van der Waals surface area contributed by atoms with Crippen molar-refractivity contribution < 1.29 is 23.1 Å². The van der Waals surface area contributed by atoms with Crippen molar-refractivity contribution >= 4 is 11.9 Å². The second-order valence-corrected chi connectivity index (χ2v) is 4.73.